The summed E-state index contributed by atoms with van der Waals surface area (Å²) in [4.78, 5) is 36.9. The molecular weight excluding hydrogens is 430 g/mol. The lowest BCUT2D eigenvalue weighted by atomic mass is 10.1. The van der Waals surface area contributed by atoms with E-state index in [1.54, 1.807) is 12.1 Å². The molecular formula is C20H10ClN3O7. The first-order valence-corrected chi connectivity index (χ1v) is 9.01. The number of hydrogen-bond acceptors (Lipinski definition) is 8. The second kappa shape index (κ2) is 7.84. The molecule has 1 aliphatic heterocycles. The summed E-state index contributed by atoms with van der Waals surface area (Å²) in [6.07, 6.45) is 1.34. The van der Waals surface area contributed by atoms with E-state index in [-0.39, 0.29) is 39.3 Å². The van der Waals surface area contributed by atoms with Crippen molar-refractivity contribution in [2.75, 3.05) is 0 Å². The fourth-order valence-electron chi connectivity index (χ4n) is 2.78. The predicted octanol–water partition coefficient (Wildman–Crippen LogP) is 4.76. The van der Waals surface area contributed by atoms with Crippen LogP contribution >= 0.6 is 11.6 Å². The largest absolute Gasteiger partial charge is 0.457 e. The molecule has 2 aromatic carbocycles. The highest BCUT2D eigenvalue weighted by molar-refractivity contribution is 6.34. The second-order valence-corrected chi connectivity index (χ2v) is 6.67. The summed E-state index contributed by atoms with van der Waals surface area (Å²) in [5.74, 6) is -0.215. The molecule has 0 radical (unpaired) electrons. The number of benzene rings is 2. The lowest BCUT2D eigenvalue weighted by Gasteiger charge is -2.02. The fraction of sp³-hybridized carbons (Fsp3) is 0. The quantitative estimate of drug-likeness (QED) is 0.241. The van der Waals surface area contributed by atoms with Crippen LogP contribution in [0.3, 0.4) is 0 Å². The topological polar surface area (TPSA) is 138 Å². The number of rotatable bonds is 5. The van der Waals surface area contributed by atoms with Crippen molar-refractivity contribution in [3.63, 3.8) is 0 Å². The smallest absolute Gasteiger partial charge is 0.363 e. The van der Waals surface area contributed by atoms with Crippen LogP contribution in [0.1, 0.15) is 11.3 Å². The van der Waals surface area contributed by atoms with Crippen LogP contribution in [-0.2, 0) is 9.53 Å². The van der Waals surface area contributed by atoms with E-state index in [1.807, 2.05) is 0 Å². The van der Waals surface area contributed by atoms with E-state index in [2.05, 4.69) is 4.99 Å². The molecule has 1 aliphatic rings. The van der Waals surface area contributed by atoms with Gasteiger partial charge in [0.1, 0.15) is 11.5 Å². The van der Waals surface area contributed by atoms with Crippen molar-refractivity contribution in [2.45, 2.75) is 0 Å². The number of esters is 1. The third-order valence-electron chi connectivity index (χ3n) is 4.28. The van der Waals surface area contributed by atoms with Crippen LogP contribution in [0, 0.1) is 20.2 Å². The molecule has 0 spiro atoms. The van der Waals surface area contributed by atoms with Crippen LogP contribution in [0.2, 0.25) is 5.02 Å². The Balaban J connectivity index is 1.62. The van der Waals surface area contributed by atoms with E-state index < -0.39 is 15.8 Å². The van der Waals surface area contributed by atoms with Crippen molar-refractivity contribution in [3.05, 3.63) is 96.9 Å². The number of nitro benzene ring substituents is 2. The van der Waals surface area contributed by atoms with Gasteiger partial charge in [0.05, 0.1) is 20.4 Å². The maximum Gasteiger partial charge on any atom is 0.363 e. The molecule has 2 heterocycles. The van der Waals surface area contributed by atoms with Crippen molar-refractivity contribution < 1.29 is 23.8 Å². The Kier molecular flexibility index (Phi) is 5.05. The molecule has 11 heteroatoms. The number of nitrogens with zero attached hydrogens (tertiary/aromatic N) is 3. The Bertz CT molecular complexity index is 1290. The number of ether oxygens (including phenoxy) is 1. The summed E-state index contributed by atoms with van der Waals surface area (Å²) in [5, 5.41) is 21.9. The second-order valence-electron chi connectivity index (χ2n) is 6.26. The molecule has 31 heavy (non-hydrogen) atoms. The number of non-ortho nitro benzene ring substituents is 2. The van der Waals surface area contributed by atoms with Crippen LogP contribution in [-0.4, -0.2) is 21.7 Å². The van der Waals surface area contributed by atoms with Gasteiger partial charge in [-0.3, -0.25) is 20.2 Å². The molecule has 0 saturated carbocycles. The van der Waals surface area contributed by atoms with Crippen LogP contribution in [0.15, 0.2) is 69.7 Å². The molecule has 154 valence electrons. The van der Waals surface area contributed by atoms with Gasteiger partial charge in [-0.1, -0.05) is 11.6 Å². The average molecular weight is 440 g/mol. The number of furan rings is 1. The zero-order valence-corrected chi connectivity index (χ0v) is 16.1. The Morgan fingerprint density at radius 1 is 0.935 bits per heavy atom. The first-order valence-electron chi connectivity index (χ1n) is 8.63. The van der Waals surface area contributed by atoms with Crippen molar-refractivity contribution in [3.8, 4) is 11.3 Å². The first kappa shape index (κ1) is 20.0. The van der Waals surface area contributed by atoms with Crippen molar-refractivity contribution in [1.29, 1.82) is 0 Å². The maximum atomic E-state index is 12.2. The minimum atomic E-state index is -0.772. The molecule has 0 atom stereocenters. The third kappa shape index (κ3) is 4.05. The number of hydrogen-bond donors (Lipinski definition) is 0. The van der Waals surface area contributed by atoms with Gasteiger partial charge in [-0.25, -0.2) is 9.79 Å². The lowest BCUT2D eigenvalue weighted by molar-refractivity contribution is -0.385. The predicted molar refractivity (Wildman–Crippen MR) is 110 cm³/mol. The normalized spacial score (nSPS) is 14.4. The van der Waals surface area contributed by atoms with E-state index in [0.29, 0.717) is 11.3 Å². The molecule has 0 N–H and O–H groups in total. The summed E-state index contributed by atoms with van der Waals surface area (Å²) in [7, 11) is 0. The first-order chi connectivity index (χ1) is 14.8. The fourth-order valence-corrected chi connectivity index (χ4v) is 2.98. The number of nitro groups is 2. The van der Waals surface area contributed by atoms with E-state index in [1.165, 1.54) is 42.5 Å². The van der Waals surface area contributed by atoms with Gasteiger partial charge in [0, 0.05) is 35.9 Å². The zero-order chi connectivity index (χ0) is 22.1. The summed E-state index contributed by atoms with van der Waals surface area (Å²) in [6, 6.07) is 12.7. The van der Waals surface area contributed by atoms with Gasteiger partial charge in [0.2, 0.25) is 5.90 Å². The molecule has 0 bridgehead atoms. The minimum absolute atomic E-state index is 0.0481. The third-order valence-corrected chi connectivity index (χ3v) is 4.61. The van der Waals surface area contributed by atoms with E-state index in [4.69, 9.17) is 20.8 Å². The van der Waals surface area contributed by atoms with Gasteiger partial charge >= 0.3 is 5.97 Å². The van der Waals surface area contributed by atoms with Gasteiger partial charge in [-0.2, -0.15) is 0 Å². The molecule has 0 amide bonds. The van der Waals surface area contributed by atoms with Crippen molar-refractivity contribution >= 4 is 40.9 Å². The van der Waals surface area contributed by atoms with E-state index >= 15 is 0 Å². The number of halogens is 1. The number of carbonyl (C=O) groups is 1. The molecule has 0 saturated heterocycles. The summed E-state index contributed by atoms with van der Waals surface area (Å²) in [5.41, 5.74) is 0.361. The summed E-state index contributed by atoms with van der Waals surface area (Å²) >= 11 is 6.06. The van der Waals surface area contributed by atoms with Crippen LogP contribution in [0.25, 0.3) is 17.4 Å². The van der Waals surface area contributed by atoms with Gasteiger partial charge in [-0.15, -0.1) is 0 Å². The van der Waals surface area contributed by atoms with Crippen molar-refractivity contribution in [1.82, 2.24) is 0 Å². The zero-order valence-electron chi connectivity index (χ0n) is 15.4. The van der Waals surface area contributed by atoms with E-state index in [0.717, 1.165) is 6.07 Å². The molecule has 1 aromatic heterocycles. The molecule has 10 nitrogen and oxygen atoms in total. The maximum absolute atomic E-state index is 12.2. The van der Waals surface area contributed by atoms with Gasteiger partial charge in [-0.05, 0) is 30.3 Å². The Morgan fingerprint density at radius 2 is 1.61 bits per heavy atom. The number of aliphatic imine (C=N–C) groups is 1. The van der Waals surface area contributed by atoms with Crippen LogP contribution in [0.5, 0.6) is 0 Å². The minimum Gasteiger partial charge on any atom is -0.457 e. The highest BCUT2D eigenvalue weighted by Crippen LogP contribution is 2.29. The van der Waals surface area contributed by atoms with Gasteiger partial charge in [0.15, 0.2) is 5.70 Å². The monoisotopic (exact) mass is 439 g/mol. The molecule has 3 aromatic rings. The highest BCUT2D eigenvalue weighted by Gasteiger charge is 2.27. The summed E-state index contributed by atoms with van der Waals surface area (Å²) < 4.78 is 10.8. The number of cyclic esters (lactones) is 1. The Hall–Kier alpha value is -4.31. The standard InChI is InChI=1S/C20H10ClN3O7/c21-16-7-5-13(24(28)29)9-15(16)19-22-17(20(25)31-19)10-14-6-8-18(30-14)11-1-3-12(4-2-11)23(26)27/h1-10H/b17-10-. The molecule has 0 unspecified atom stereocenters. The molecule has 0 fully saturated rings. The Morgan fingerprint density at radius 3 is 2.29 bits per heavy atom. The average Bonchev–Trinajstić information content (AvgIpc) is 3.35. The van der Waals surface area contributed by atoms with Gasteiger partial charge < -0.3 is 9.15 Å². The highest BCUT2D eigenvalue weighted by atomic mass is 35.5. The van der Waals surface area contributed by atoms with Crippen LogP contribution in [0.4, 0.5) is 11.4 Å². The number of carbonyl (C=O) groups excluding carboxylic acids is 1. The Labute approximate surface area is 178 Å². The lowest BCUT2D eigenvalue weighted by Crippen LogP contribution is -2.06. The molecule has 0 aliphatic carbocycles. The van der Waals surface area contributed by atoms with Gasteiger partial charge in [0.25, 0.3) is 11.4 Å². The van der Waals surface area contributed by atoms with Crippen molar-refractivity contribution in [2.24, 2.45) is 4.99 Å². The SMILES string of the molecule is O=C1OC(c2cc([N+](=O)[O-])ccc2Cl)=N/C1=C\c1ccc(-c2ccc([N+](=O)[O-])cc2)o1. The summed E-state index contributed by atoms with van der Waals surface area (Å²) in [6.45, 7) is 0. The van der Waals surface area contributed by atoms with E-state index in [9.17, 15) is 25.0 Å². The molecule has 4 rings (SSSR count). The van der Waals surface area contributed by atoms with Crippen LogP contribution < -0.4 is 0 Å².